The van der Waals surface area contributed by atoms with E-state index in [4.69, 9.17) is 5.32 Å². The van der Waals surface area contributed by atoms with Crippen molar-refractivity contribution >= 4 is 5.69 Å². The SMILES string of the molecule is c1ccc([N-][C-](c2ccccc2)c2ccccc2)cc1. The van der Waals surface area contributed by atoms with E-state index in [9.17, 15) is 0 Å². The summed E-state index contributed by atoms with van der Waals surface area (Å²) < 4.78 is 0. The van der Waals surface area contributed by atoms with Gasteiger partial charge in [0.15, 0.2) is 0 Å². The Morgan fingerprint density at radius 1 is 0.500 bits per heavy atom. The third-order valence-electron chi connectivity index (χ3n) is 3.09. The Kier molecular flexibility index (Phi) is 3.70. The molecule has 3 rings (SSSR count). The van der Waals surface area contributed by atoms with E-state index in [1.54, 1.807) is 0 Å². The van der Waals surface area contributed by atoms with Crippen molar-refractivity contribution < 1.29 is 0 Å². The van der Waals surface area contributed by atoms with E-state index in [0.29, 0.717) is 0 Å². The molecule has 1 nitrogen and oxygen atoms in total. The Morgan fingerprint density at radius 3 is 1.35 bits per heavy atom. The molecule has 3 aromatic carbocycles. The Morgan fingerprint density at radius 2 is 0.900 bits per heavy atom. The standard InChI is InChI=1S/C19H15N/c1-4-10-16(11-5-1)19(17-12-6-2-7-13-17)20-18-14-8-3-9-15-18/h1-15H/q-2. The summed E-state index contributed by atoms with van der Waals surface area (Å²) >= 11 is 0. The first-order chi connectivity index (χ1) is 9.93. The van der Waals surface area contributed by atoms with Gasteiger partial charge in [-0.15, -0.1) is 41.1 Å². The second-order valence-electron chi connectivity index (χ2n) is 4.53. The molecule has 0 heterocycles. The van der Waals surface area contributed by atoms with Gasteiger partial charge in [-0.1, -0.05) is 66.7 Å². The van der Waals surface area contributed by atoms with Crippen LogP contribution in [0.1, 0.15) is 11.1 Å². The number of hydrogen-bond donors (Lipinski definition) is 0. The van der Waals surface area contributed by atoms with Crippen LogP contribution >= 0.6 is 0 Å². The predicted molar refractivity (Wildman–Crippen MR) is 83.8 cm³/mol. The van der Waals surface area contributed by atoms with Gasteiger partial charge in [0, 0.05) is 0 Å². The van der Waals surface area contributed by atoms with Gasteiger partial charge in [0.2, 0.25) is 0 Å². The van der Waals surface area contributed by atoms with Gasteiger partial charge in [-0.3, -0.25) is 0 Å². The van der Waals surface area contributed by atoms with Gasteiger partial charge < -0.3 is 5.32 Å². The van der Waals surface area contributed by atoms with Gasteiger partial charge in [-0.25, -0.2) is 6.04 Å². The minimum atomic E-state index is 0.968. The maximum absolute atomic E-state index is 4.82. The fourth-order valence-electron chi connectivity index (χ4n) is 2.12. The minimum Gasteiger partial charge on any atom is -0.693 e. The monoisotopic (exact) mass is 257 g/mol. The summed E-state index contributed by atoms with van der Waals surface area (Å²) in [7, 11) is 0. The molecule has 0 saturated carbocycles. The van der Waals surface area contributed by atoms with Crippen molar-refractivity contribution in [1.82, 2.24) is 0 Å². The average molecular weight is 257 g/mol. The Balaban J connectivity index is 1.96. The highest BCUT2D eigenvalue weighted by Crippen LogP contribution is 2.35. The normalized spacial score (nSPS) is 10.0. The van der Waals surface area contributed by atoms with Crippen LogP contribution in [0.5, 0.6) is 0 Å². The quantitative estimate of drug-likeness (QED) is 0.561. The highest BCUT2D eigenvalue weighted by molar-refractivity contribution is 5.63. The molecule has 0 saturated heterocycles. The summed E-state index contributed by atoms with van der Waals surface area (Å²) in [4.78, 5) is 0. The molecular formula is C19H15N-2. The number of para-hydroxylation sites is 1. The maximum Gasteiger partial charge on any atom is -0.0624 e. The smallest absolute Gasteiger partial charge is 0.0624 e. The third kappa shape index (κ3) is 2.83. The van der Waals surface area contributed by atoms with Crippen molar-refractivity contribution in [1.29, 1.82) is 0 Å². The average Bonchev–Trinajstić information content (AvgIpc) is 2.55. The Bertz CT molecular complexity index is 593. The van der Waals surface area contributed by atoms with E-state index in [2.05, 4.69) is 24.3 Å². The van der Waals surface area contributed by atoms with Gasteiger partial charge >= 0.3 is 0 Å². The van der Waals surface area contributed by atoms with Crippen LogP contribution in [0.3, 0.4) is 0 Å². The van der Waals surface area contributed by atoms with Gasteiger partial charge in [0.05, 0.1) is 0 Å². The van der Waals surface area contributed by atoms with Gasteiger partial charge in [-0.05, 0) is 0 Å². The third-order valence-corrected chi connectivity index (χ3v) is 3.09. The summed E-state index contributed by atoms with van der Waals surface area (Å²) in [5.41, 5.74) is 3.22. The zero-order valence-corrected chi connectivity index (χ0v) is 11.1. The Labute approximate surface area is 119 Å². The van der Waals surface area contributed by atoms with Crippen molar-refractivity contribution in [3.63, 3.8) is 0 Å². The lowest BCUT2D eigenvalue weighted by atomic mass is 9.98. The summed E-state index contributed by atoms with van der Waals surface area (Å²) in [6, 6.07) is 31.6. The first kappa shape index (κ1) is 12.4. The van der Waals surface area contributed by atoms with Crippen LogP contribution in [0.4, 0.5) is 5.69 Å². The Hall–Kier alpha value is -2.67. The van der Waals surface area contributed by atoms with Crippen molar-refractivity contribution in [3.05, 3.63) is 113 Å². The van der Waals surface area contributed by atoms with Crippen molar-refractivity contribution in [3.8, 4) is 0 Å². The molecule has 0 atom stereocenters. The van der Waals surface area contributed by atoms with Gasteiger partial charge in [0.25, 0.3) is 0 Å². The first-order valence-electron chi connectivity index (χ1n) is 6.68. The first-order valence-corrected chi connectivity index (χ1v) is 6.68. The molecule has 3 aromatic rings. The fraction of sp³-hybridized carbons (Fsp3) is 0. The van der Waals surface area contributed by atoms with Crippen LogP contribution in [0.25, 0.3) is 5.32 Å². The highest BCUT2D eigenvalue weighted by Gasteiger charge is 1.96. The lowest BCUT2D eigenvalue weighted by Gasteiger charge is -2.41. The summed E-state index contributed by atoms with van der Waals surface area (Å²) in [5, 5.41) is 4.82. The molecule has 0 fully saturated rings. The van der Waals surface area contributed by atoms with Crippen molar-refractivity contribution in [2.24, 2.45) is 0 Å². The van der Waals surface area contributed by atoms with Crippen LogP contribution in [0.2, 0.25) is 0 Å². The lowest BCUT2D eigenvalue weighted by Crippen LogP contribution is -1.99. The molecule has 0 aliphatic carbocycles. The zero-order chi connectivity index (χ0) is 13.6. The lowest BCUT2D eigenvalue weighted by molar-refractivity contribution is 1.25. The number of hydrogen-bond acceptors (Lipinski definition) is 0. The van der Waals surface area contributed by atoms with E-state index < -0.39 is 0 Å². The highest BCUT2D eigenvalue weighted by atomic mass is 14.9. The van der Waals surface area contributed by atoms with E-state index in [1.165, 1.54) is 0 Å². The molecule has 98 valence electrons. The fourth-order valence-corrected chi connectivity index (χ4v) is 2.12. The number of rotatable bonds is 4. The summed E-state index contributed by atoms with van der Waals surface area (Å²) in [5.74, 6) is 0. The predicted octanol–water partition coefficient (Wildman–Crippen LogP) is 5.32. The zero-order valence-electron chi connectivity index (χ0n) is 11.1. The molecule has 0 aliphatic heterocycles. The molecule has 1 heteroatoms. The molecular weight excluding hydrogens is 242 g/mol. The van der Waals surface area contributed by atoms with E-state index >= 15 is 0 Å². The van der Waals surface area contributed by atoms with Crippen molar-refractivity contribution in [2.75, 3.05) is 0 Å². The molecule has 0 aliphatic rings. The van der Waals surface area contributed by atoms with E-state index in [1.807, 2.05) is 66.7 Å². The molecule has 0 radical (unpaired) electrons. The van der Waals surface area contributed by atoms with Gasteiger partial charge in [0.1, 0.15) is 0 Å². The second-order valence-corrected chi connectivity index (χ2v) is 4.53. The van der Waals surface area contributed by atoms with Crippen LogP contribution in [0, 0.1) is 6.04 Å². The van der Waals surface area contributed by atoms with Crippen LogP contribution in [-0.2, 0) is 0 Å². The van der Waals surface area contributed by atoms with Crippen molar-refractivity contribution in [2.45, 2.75) is 0 Å². The van der Waals surface area contributed by atoms with E-state index in [0.717, 1.165) is 22.9 Å². The van der Waals surface area contributed by atoms with E-state index in [-0.39, 0.29) is 0 Å². The molecule has 0 bridgehead atoms. The maximum atomic E-state index is 4.82. The van der Waals surface area contributed by atoms with Crippen LogP contribution in [-0.4, -0.2) is 0 Å². The molecule has 0 N–H and O–H groups in total. The van der Waals surface area contributed by atoms with Crippen LogP contribution in [0.15, 0.2) is 91.0 Å². The van der Waals surface area contributed by atoms with Crippen LogP contribution < -0.4 is 0 Å². The molecule has 0 amide bonds. The minimum absolute atomic E-state index is 0.968. The molecule has 0 aromatic heterocycles. The molecule has 0 spiro atoms. The molecule has 20 heavy (non-hydrogen) atoms. The molecule has 0 unspecified atom stereocenters. The topological polar surface area (TPSA) is 14.1 Å². The van der Waals surface area contributed by atoms with Gasteiger partial charge in [-0.2, -0.15) is 0 Å². The summed E-state index contributed by atoms with van der Waals surface area (Å²) in [6.45, 7) is 0. The number of benzene rings is 3. The summed E-state index contributed by atoms with van der Waals surface area (Å²) in [6.07, 6.45) is 0. The second kappa shape index (κ2) is 5.98. The number of nitrogens with zero attached hydrogens (tertiary/aromatic N) is 1. The largest absolute Gasteiger partial charge is 0.693 e.